The summed E-state index contributed by atoms with van der Waals surface area (Å²) in [7, 11) is 0. The molecule has 104 valence electrons. The Balaban J connectivity index is 1.66. The lowest BCUT2D eigenvalue weighted by Crippen LogP contribution is -2.48. The van der Waals surface area contributed by atoms with Gasteiger partial charge in [-0.2, -0.15) is 0 Å². The minimum Gasteiger partial charge on any atom is -0.345 e. The van der Waals surface area contributed by atoms with Crippen molar-refractivity contribution in [3.05, 3.63) is 40.6 Å². The van der Waals surface area contributed by atoms with Gasteiger partial charge in [0, 0.05) is 50.1 Å². The van der Waals surface area contributed by atoms with E-state index in [-0.39, 0.29) is 5.91 Å². The van der Waals surface area contributed by atoms with Crippen LogP contribution >= 0.6 is 22.9 Å². The van der Waals surface area contributed by atoms with Crippen LogP contribution in [0.4, 0.5) is 5.13 Å². The summed E-state index contributed by atoms with van der Waals surface area (Å²) in [6, 6.07) is 1.66. The summed E-state index contributed by atoms with van der Waals surface area (Å²) in [5.41, 5.74) is 0.518. The number of rotatable bonds is 2. The normalized spacial score (nSPS) is 15.4. The molecule has 1 aliphatic rings. The zero-order chi connectivity index (χ0) is 13.9. The van der Waals surface area contributed by atoms with E-state index < -0.39 is 0 Å². The third-order valence-electron chi connectivity index (χ3n) is 3.26. The topological polar surface area (TPSA) is 49.3 Å². The number of carbonyl (C=O) groups excluding carboxylic acids is 1. The highest BCUT2D eigenvalue weighted by Crippen LogP contribution is 2.21. The van der Waals surface area contributed by atoms with E-state index in [2.05, 4.69) is 14.9 Å². The third-order valence-corrected chi connectivity index (χ3v) is 4.39. The second-order valence-electron chi connectivity index (χ2n) is 4.45. The van der Waals surface area contributed by atoms with Crippen LogP contribution in [0, 0.1) is 0 Å². The van der Waals surface area contributed by atoms with E-state index in [0.29, 0.717) is 23.7 Å². The Morgan fingerprint density at radius 2 is 2.05 bits per heavy atom. The van der Waals surface area contributed by atoms with Crippen LogP contribution in [0.3, 0.4) is 0 Å². The van der Waals surface area contributed by atoms with E-state index in [9.17, 15) is 4.79 Å². The number of hydrogen-bond acceptors (Lipinski definition) is 5. The Bertz CT molecular complexity index is 596. The maximum Gasteiger partial charge on any atom is 0.255 e. The molecule has 0 saturated carbocycles. The van der Waals surface area contributed by atoms with Crippen molar-refractivity contribution in [3.8, 4) is 0 Å². The fourth-order valence-corrected chi connectivity index (χ4v) is 3.09. The van der Waals surface area contributed by atoms with E-state index in [0.717, 1.165) is 18.2 Å². The molecule has 3 rings (SSSR count). The van der Waals surface area contributed by atoms with E-state index in [1.807, 2.05) is 10.3 Å². The van der Waals surface area contributed by atoms with Crippen molar-refractivity contribution >= 4 is 34.0 Å². The summed E-state index contributed by atoms with van der Waals surface area (Å²) in [5.74, 6) is -0.0313. The van der Waals surface area contributed by atoms with Gasteiger partial charge in [-0.25, -0.2) is 4.98 Å². The Morgan fingerprint density at radius 1 is 1.25 bits per heavy atom. The predicted octanol–water partition coefficient (Wildman–Crippen LogP) is 2.15. The van der Waals surface area contributed by atoms with E-state index in [4.69, 9.17) is 11.6 Å². The first kappa shape index (κ1) is 13.3. The number of pyridine rings is 1. The largest absolute Gasteiger partial charge is 0.345 e. The van der Waals surface area contributed by atoms with Gasteiger partial charge in [0.1, 0.15) is 0 Å². The number of hydrogen-bond donors (Lipinski definition) is 0. The molecule has 0 N–H and O–H groups in total. The maximum absolute atomic E-state index is 12.4. The van der Waals surface area contributed by atoms with Gasteiger partial charge in [-0.3, -0.25) is 9.78 Å². The summed E-state index contributed by atoms with van der Waals surface area (Å²) >= 11 is 7.64. The summed E-state index contributed by atoms with van der Waals surface area (Å²) in [4.78, 5) is 24.6. The van der Waals surface area contributed by atoms with Crippen LogP contribution in [-0.2, 0) is 0 Å². The molecule has 0 spiro atoms. The minimum atomic E-state index is -0.0313. The monoisotopic (exact) mass is 308 g/mol. The number of piperazine rings is 1. The van der Waals surface area contributed by atoms with Gasteiger partial charge in [-0.1, -0.05) is 11.6 Å². The minimum absolute atomic E-state index is 0.0313. The van der Waals surface area contributed by atoms with Crippen LogP contribution in [0.2, 0.25) is 5.02 Å². The number of carbonyl (C=O) groups is 1. The average Bonchev–Trinajstić information content (AvgIpc) is 3.01. The number of halogens is 1. The van der Waals surface area contributed by atoms with Gasteiger partial charge >= 0.3 is 0 Å². The molecule has 0 bridgehead atoms. The Kier molecular flexibility index (Phi) is 3.84. The van der Waals surface area contributed by atoms with Gasteiger partial charge in [-0.05, 0) is 6.07 Å². The average molecular weight is 309 g/mol. The molecule has 2 aromatic heterocycles. The van der Waals surface area contributed by atoms with Gasteiger partial charge in [0.05, 0.1) is 10.6 Å². The van der Waals surface area contributed by atoms with Crippen molar-refractivity contribution < 1.29 is 4.79 Å². The molecular weight excluding hydrogens is 296 g/mol. The third kappa shape index (κ3) is 2.62. The zero-order valence-corrected chi connectivity index (χ0v) is 12.3. The summed E-state index contributed by atoms with van der Waals surface area (Å²) in [6.07, 6.45) is 4.89. The molecular formula is C13H13ClN4OS. The number of amides is 1. The van der Waals surface area contributed by atoms with Crippen molar-refractivity contribution in [1.82, 2.24) is 14.9 Å². The maximum atomic E-state index is 12.4. The first-order valence-electron chi connectivity index (χ1n) is 6.29. The first-order chi connectivity index (χ1) is 9.75. The van der Waals surface area contributed by atoms with Crippen molar-refractivity contribution in [1.29, 1.82) is 0 Å². The summed E-state index contributed by atoms with van der Waals surface area (Å²) < 4.78 is 0. The predicted molar refractivity (Wildman–Crippen MR) is 79.5 cm³/mol. The molecule has 1 aliphatic heterocycles. The molecule has 0 aliphatic carbocycles. The fraction of sp³-hybridized carbons (Fsp3) is 0.308. The molecule has 2 aromatic rings. The smallest absolute Gasteiger partial charge is 0.255 e. The van der Waals surface area contributed by atoms with Gasteiger partial charge in [-0.15, -0.1) is 11.3 Å². The quantitative estimate of drug-likeness (QED) is 0.853. The highest BCUT2D eigenvalue weighted by atomic mass is 35.5. The Morgan fingerprint density at radius 3 is 2.70 bits per heavy atom. The highest BCUT2D eigenvalue weighted by Gasteiger charge is 2.24. The molecule has 0 radical (unpaired) electrons. The first-order valence-corrected chi connectivity index (χ1v) is 7.54. The Hall–Kier alpha value is -1.66. The van der Waals surface area contributed by atoms with Gasteiger partial charge in [0.2, 0.25) is 0 Å². The molecule has 20 heavy (non-hydrogen) atoms. The second-order valence-corrected chi connectivity index (χ2v) is 5.73. The van der Waals surface area contributed by atoms with Gasteiger partial charge in [0.25, 0.3) is 5.91 Å². The van der Waals surface area contributed by atoms with Crippen LogP contribution in [0.15, 0.2) is 30.0 Å². The molecule has 5 nitrogen and oxygen atoms in total. The lowest BCUT2D eigenvalue weighted by atomic mass is 10.2. The van der Waals surface area contributed by atoms with E-state index >= 15 is 0 Å². The van der Waals surface area contributed by atoms with Crippen LogP contribution in [-0.4, -0.2) is 47.0 Å². The summed E-state index contributed by atoms with van der Waals surface area (Å²) in [6.45, 7) is 2.94. The molecule has 7 heteroatoms. The lowest BCUT2D eigenvalue weighted by molar-refractivity contribution is 0.0747. The van der Waals surface area contributed by atoms with Crippen molar-refractivity contribution in [3.63, 3.8) is 0 Å². The van der Waals surface area contributed by atoms with Crippen LogP contribution in [0.5, 0.6) is 0 Å². The molecule has 0 unspecified atom stereocenters. The number of anilines is 1. The molecule has 1 saturated heterocycles. The lowest BCUT2D eigenvalue weighted by Gasteiger charge is -2.34. The van der Waals surface area contributed by atoms with Gasteiger partial charge in [0.15, 0.2) is 5.13 Å². The number of aromatic nitrogens is 2. The molecule has 0 atom stereocenters. The van der Waals surface area contributed by atoms with Crippen molar-refractivity contribution in [2.75, 3.05) is 31.1 Å². The SMILES string of the molecule is O=C(c1ccncc1Cl)N1CCN(c2nccs2)CC1. The van der Waals surface area contributed by atoms with Crippen LogP contribution in [0.25, 0.3) is 0 Å². The van der Waals surface area contributed by atoms with Crippen molar-refractivity contribution in [2.45, 2.75) is 0 Å². The van der Waals surface area contributed by atoms with Crippen molar-refractivity contribution in [2.24, 2.45) is 0 Å². The van der Waals surface area contributed by atoms with E-state index in [1.54, 1.807) is 29.8 Å². The van der Waals surface area contributed by atoms with E-state index in [1.165, 1.54) is 6.20 Å². The second kappa shape index (κ2) is 5.76. The zero-order valence-electron chi connectivity index (χ0n) is 10.7. The van der Waals surface area contributed by atoms with Crippen LogP contribution < -0.4 is 4.90 Å². The molecule has 1 fully saturated rings. The standard InChI is InChI=1S/C13H13ClN4OS/c14-11-9-15-2-1-10(11)12(19)17-4-6-18(7-5-17)13-16-3-8-20-13/h1-3,8-9H,4-7H2. The van der Waals surface area contributed by atoms with Gasteiger partial charge < -0.3 is 9.80 Å². The molecule has 3 heterocycles. The number of thiazole rings is 1. The highest BCUT2D eigenvalue weighted by molar-refractivity contribution is 7.13. The summed E-state index contributed by atoms with van der Waals surface area (Å²) in [5, 5.41) is 3.38. The van der Waals surface area contributed by atoms with Crippen LogP contribution in [0.1, 0.15) is 10.4 Å². The Labute approximate surface area is 125 Å². The molecule has 0 aromatic carbocycles. The molecule has 1 amide bonds. The fourth-order valence-electron chi connectivity index (χ4n) is 2.19. The number of nitrogens with zero attached hydrogens (tertiary/aromatic N) is 4.